The SMILES string of the molecule is Cc1nc(NC(=O)c2ccc3ccccc3n2)[nH]c1C. The Hall–Kier alpha value is -2.69. The van der Waals surface area contributed by atoms with Crippen LogP contribution in [0.15, 0.2) is 36.4 Å². The highest BCUT2D eigenvalue weighted by Gasteiger charge is 2.11. The van der Waals surface area contributed by atoms with Crippen LogP contribution in [-0.2, 0) is 0 Å². The van der Waals surface area contributed by atoms with E-state index >= 15 is 0 Å². The highest BCUT2D eigenvalue weighted by Crippen LogP contribution is 2.13. The summed E-state index contributed by atoms with van der Waals surface area (Å²) in [5.74, 6) is 0.171. The van der Waals surface area contributed by atoms with Crippen molar-refractivity contribution in [1.29, 1.82) is 0 Å². The van der Waals surface area contributed by atoms with Crippen LogP contribution < -0.4 is 5.32 Å². The second-order valence-electron chi connectivity index (χ2n) is 4.64. The molecule has 0 unspecified atom stereocenters. The number of H-pyrrole nitrogens is 1. The van der Waals surface area contributed by atoms with Crippen LogP contribution >= 0.6 is 0 Å². The maximum Gasteiger partial charge on any atom is 0.276 e. The molecule has 2 aromatic heterocycles. The van der Waals surface area contributed by atoms with Crippen molar-refractivity contribution in [2.24, 2.45) is 0 Å². The lowest BCUT2D eigenvalue weighted by Crippen LogP contribution is -2.14. The number of pyridine rings is 1. The molecule has 0 atom stereocenters. The molecule has 0 spiro atoms. The van der Waals surface area contributed by atoms with Crippen LogP contribution in [0.25, 0.3) is 10.9 Å². The van der Waals surface area contributed by atoms with Crippen LogP contribution in [0.5, 0.6) is 0 Å². The molecule has 0 aliphatic carbocycles. The van der Waals surface area contributed by atoms with Crippen LogP contribution in [0.1, 0.15) is 21.9 Å². The Balaban J connectivity index is 1.88. The first-order valence-electron chi connectivity index (χ1n) is 6.34. The lowest BCUT2D eigenvalue weighted by Gasteiger charge is -2.03. The smallest absolute Gasteiger partial charge is 0.276 e. The van der Waals surface area contributed by atoms with E-state index in [0.717, 1.165) is 22.3 Å². The third-order valence-electron chi connectivity index (χ3n) is 3.19. The van der Waals surface area contributed by atoms with Crippen molar-refractivity contribution in [1.82, 2.24) is 15.0 Å². The molecule has 20 heavy (non-hydrogen) atoms. The number of rotatable bonds is 2. The first-order valence-corrected chi connectivity index (χ1v) is 6.34. The number of hydrogen-bond acceptors (Lipinski definition) is 3. The third kappa shape index (κ3) is 2.25. The van der Waals surface area contributed by atoms with Gasteiger partial charge in [-0.1, -0.05) is 24.3 Å². The molecule has 0 bridgehead atoms. The molecule has 0 aliphatic heterocycles. The number of hydrogen-bond donors (Lipinski definition) is 2. The van der Waals surface area contributed by atoms with Crippen molar-refractivity contribution >= 4 is 22.8 Å². The monoisotopic (exact) mass is 266 g/mol. The highest BCUT2D eigenvalue weighted by atomic mass is 16.2. The van der Waals surface area contributed by atoms with E-state index in [-0.39, 0.29) is 5.91 Å². The second kappa shape index (κ2) is 4.77. The van der Waals surface area contributed by atoms with Gasteiger partial charge in [0.25, 0.3) is 5.91 Å². The average molecular weight is 266 g/mol. The minimum absolute atomic E-state index is 0.274. The Bertz CT molecular complexity index is 772. The van der Waals surface area contributed by atoms with Gasteiger partial charge in [0.2, 0.25) is 5.95 Å². The number of nitrogens with one attached hydrogen (secondary N) is 2. The van der Waals surface area contributed by atoms with E-state index in [1.54, 1.807) is 6.07 Å². The lowest BCUT2D eigenvalue weighted by molar-refractivity contribution is 0.102. The van der Waals surface area contributed by atoms with E-state index in [2.05, 4.69) is 20.3 Å². The van der Waals surface area contributed by atoms with Crippen LogP contribution in [0.4, 0.5) is 5.95 Å². The first kappa shape index (κ1) is 12.3. The molecule has 3 aromatic rings. The number of anilines is 1. The molecule has 0 aliphatic rings. The Morgan fingerprint density at radius 2 is 1.90 bits per heavy atom. The standard InChI is InChI=1S/C15H14N4O/c1-9-10(2)17-15(16-9)19-14(20)13-8-7-11-5-3-4-6-12(11)18-13/h3-8H,1-2H3,(H2,16,17,19,20). The van der Waals surface area contributed by atoms with Gasteiger partial charge in [0.15, 0.2) is 0 Å². The molecule has 1 aromatic carbocycles. The number of aromatic amines is 1. The van der Waals surface area contributed by atoms with Gasteiger partial charge in [0, 0.05) is 11.1 Å². The summed E-state index contributed by atoms with van der Waals surface area (Å²) < 4.78 is 0. The van der Waals surface area contributed by atoms with Gasteiger partial charge in [0.1, 0.15) is 5.69 Å². The minimum atomic E-state index is -0.274. The maximum atomic E-state index is 12.1. The van der Waals surface area contributed by atoms with Gasteiger partial charge in [-0.05, 0) is 26.0 Å². The maximum absolute atomic E-state index is 12.1. The highest BCUT2D eigenvalue weighted by molar-refractivity contribution is 6.03. The summed E-state index contributed by atoms with van der Waals surface area (Å²) >= 11 is 0. The Morgan fingerprint density at radius 3 is 2.65 bits per heavy atom. The number of carbonyl (C=O) groups excluding carboxylic acids is 1. The van der Waals surface area contributed by atoms with Crippen LogP contribution in [0.3, 0.4) is 0 Å². The summed E-state index contributed by atoms with van der Waals surface area (Å²) in [4.78, 5) is 23.7. The Labute approximate surface area is 116 Å². The summed E-state index contributed by atoms with van der Waals surface area (Å²) in [5, 5.41) is 3.72. The van der Waals surface area contributed by atoms with Gasteiger partial charge >= 0.3 is 0 Å². The van der Waals surface area contributed by atoms with E-state index in [0.29, 0.717) is 11.6 Å². The van der Waals surface area contributed by atoms with Gasteiger partial charge in [-0.2, -0.15) is 0 Å². The molecule has 0 saturated carbocycles. The zero-order valence-corrected chi connectivity index (χ0v) is 11.3. The summed E-state index contributed by atoms with van der Waals surface area (Å²) in [6.45, 7) is 3.79. The lowest BCUT2D eigenvalue weighted by atomic mass is 10.2. The van der Waals surface area contributed by atoms with E-state index in [1.165, 1.54) is 0 Å². The molecule has 2 heterocycles. The molecule has 0 fully saturated rings. The fraction of sp³-hybridized carbons (Fsp3) is 0.133. The molecule has 5 heteroatoms. The zero-order valence-electron chi connectivity index (χ0n) is 11.3. The molecule has 100 valence electrons. The summed E-state index contributed by atoms with van der Waals surface area (Å²) in [6, 6.07) is 11.3. The normalized spacial score (nSPS) is 10.7. The van der Waals surface area contributed by atoms with Crippen molar-refractivity contribution in [2.75, 3.05) is 5.32 Å². The minimum Gasteiger partial charge on any atom is -0.328 e. The van der Waals surface area contributed by atoms with Crippen molar-refractivity contribution in [3.8, 4) is 0 Å². The molecular weight excluding hydrogens is 252 g/mol. The molecule has 2 N–H and O–H groups in total. The molecule has 0 saturated heterocycles. The van der Waals surface area contributed by atoms with E-state index in [4.69, 9.17) is 0 Å². The van der Waals surface area contributed by atoms with Crippen molar-refractivity contribution in [3.05, 3.63) is 53.5 Å². The summed E-state index contributed by atoms with van der Waals surface area (Å²) in [5.41, 5.74) is 2.97. The van der Waals surface area contributed by atoms with Gasteiger partial charge in [-0.25, -0.2) is 9.97 Å². The number of benzene rings is 1. The van der Waals surface area contributed by atoms with Gasteiger partial charge in [-0.3, -0.25) is 10.1 Å². The van der Waals surface area contributed by atoms with Crippen molar-refractivity contribution in [3.63, 3.8) is 0 Å². The predicted octanol–water partition coefficient (Wildman–Crippen LogP) is 2.83. The van der Waals surface area contributed by atoms with E-state index < -0.39 is 0 Å². The van der Waals surface area contributed by atoms with Gasteiger partial charge in [0.05, 0.1) is 11.2 Å². The number of amides is 1. The Kier molecular flexibility index (Phi) is 2.95. The van der Waals surface area contributed by atoms with Gasteiger partial charge in [-0.15, -0.1) is 0 Å². The predicted molar refractivity (Wildman–Crippen MR) is 77.8 cm³/mol. The number of nitrogens with zero attached hydrogens (tertiary/aromatic N) is 2. The Morgan fingerprint density at radius 1 is 1.10 bits per heavy atom. The molecule has 5 nitrogen and oxygen atoms in total. The number of aromatic nitrogens is 3. The number of fused-ring (bicyclic) bond motifs is 1. The second-order valence-corrected chi connectivity index (χ2v) is 4.64. The molecule has 0 radical (unpaired) electrons. The molecule has 3 rings (SSSR count). The van der Waals surface area contributed by atoms with E-state index in [1.807, 2.05) is 44.2 Å². The molecular formula is C15H14N4O. The van der Waals surface area contributed by atoms with Crippen molar-refractivity contribution in [2.45, 2.75) is 13.8 Å². The number of aryl methyl sites for hydroxylation is 2. The topological polar surface area (TPSA) is 70.7 Å². The molecule has 1 amide bonds. The number of para-hydroxylation sites is 1. The van der Waals surface area contributed by atoms with E-state index in [9.17, 15) is 4.79 Å². The van der Waals surface area contributed by atoms with Crippen LogP contribution in [-0.4, -0.2) is 20.9 Å². The average Bonchev–Trinajstić information content (AvgIpc) is 2.76. The quantitative estimate of drug-likeness (QED) is 0.749. The largest absolute Gasteiger partial charge is 0.328 e. The number of imidazole rings is 1. The number of carbonyl (C=O) groups is 1. The van der Waals surface area contributed by atoms with Crippen LogP contribution in [0.2, 0.25) is 0 Å². The fourth-order valence-electron chi connectivity index (χ4n) is 1.97. The summed E-state index contributed by atoms with van der Waals surface area (Å²) in [6.07, 6.45) is 0. The first-order chi connectivity index (χ1) is 9.63. The van der Waals surface area contributed by atoms with Crippen molar-refractivity contribution < 1.29 is 4.79 Å². The fourth-order valence-corrected chi connectivity index (χ4v) is 1.97. The van der Waals surface area contributed by atoms with Gasteiger partial charge < -0.3 is 4.98 Å². The zero-order chi connectivity index (χ0) is 14.1. The summed E-state index contributed by atoms with van der Waals surface area (Å²) in [7, 11) is 0. The third-order valence-corrected chi connectivity index (χ3v) is 3.19. The van der Waals surface area contributed by atoms with Crippen LogP contribution in [0, 0.1) is 13.8 Å².